The maximum Gasteiger partial charge on any atom is 0.166 e. The number of rotatable bonds is 4. The van der Waals surface area contributed by atoms with Gasteiger partial charge in [-0.15, -0.1) is 0 Å². The lowest BCUT2D eigenvalue weighted by Crippen LogP contribution is -2.05. The van der Waals surface area contributed by atoms with Crippen molar-refractivity contribution in [1.82, 2.24) is 0 Å². The summed E-state index contributed by atoms with van der Waals surface area (Å²) in [4.78, 5) is 0. The monoisotopic (exact) mass is 339 g/mol. The number of benzene rings is 2. The largest absolute Gasteiger partial charge is 0.497 e. The lowest BCUT2D eigenvalue weighted by atomic mass is 10.1. The van der Waals surface area contributed by atoms with Crippen LogP contribution in [0.25, 0.3) is 0 Å². The maximum atomic E-state index is 14.0. The van der Waals surface area contributed by atoms with E-state index >= 15 is 0 Å². The Labute approximate surface area is 125 Å². The third-order valence-corrected chi connectivity index (χ3v) is 3.46. The van der Waals surface area contributed by atoms with E-state index in [9.17, 15) is 4.39 Å². The maximum absolute atomic E-state index is 14.0. The number of hydrogen-bond acceptors (Lipinski definition) is 3. The number of ether oxygens (including phenoxy) is 2. The first kappa shape index (κ1) is 14.8. The molecule has 0 radical (unpaired) electrons. The van der Waals surface area contributed by atoms with E-state index in [1.165, 1.54) is 6.07 Å². The number of nitrogens with two attached hydrogens (primary N) is 1. The molecule has 0 fully saturated rings. The van der Waals surface area contributed by atoms with E-state index < -0.39 is 5.82 Å². The molecule has 2 aromatic carbocycles. The van der Waals surface area contributed by atoms with Crippen LogP contribution in [0.4, 0.5) is 4.39 Å². The van der Waals surface area contributed by atoms with E-state index in [-0.39, 0.29) is 11.8 Å². The van der Waals surface area contributed by atoms with Gasteiger partial charge in [0.15, 0.2) is 11.6 Å². The van der Waals surface area contributed by atoms with Gasteiger partial charge in [-0.05, 0) is 58.7 Å². The molecule has 106 valence electrons. The van der Waals surface area contributed by atoms with E-state index in [0.717, 1.165) is 5.56 Å². The van der Waals surface area contributed by atoms with Crippen LogP contribution in [0.15, 0.2) is 40.9 Å². The second-order valence-corrected chi connectivity index (χ2v) is 5.23. The Bertz CT molecular complexity index is 617. The van der Waals surface area contributed by atoms with Crippen LogP contribution in [0.5, 0.6) is 17.2 Å². The summed E-state index contributed by atoms with van der Waals surface area (Å²) in [5.74, 6) is 0.915. The SMILES string of the molecule is COc1ccc(Oc2ccc([C@H](C)N)cc2F)c(Br)c1. The van der Waals surface area contributed by atoms with Crippen LogP contribution in [0, 0.1) is 5.82 Å². The molecule has 0 saturated heterocycles. The summed E-state index contributed by atoms with van der Waals surface area (Å²) in [6.07, 6.45) is 0. The van der Waals surface area contributed by atoms with Gasteiger partial charge in [-0.2, -0.15) is 0 Å². The van der Waals surface area contributed by atoms with Gasteiger partial charge in [0.1, 0.15) is 11.5 Å². The molecule has 0 heterocycles. The Balaban J connectivity index is 2.26. The number of hydrogen-bond donors (Lipinski definition) is 1. The summed E-state index contributed by atoms with van der Waals surface area (Å²) in [6, 6.07) is 9.70. The standard InChI is InChI=1S/C15H15BrFNO2/c1-9(18)10-3-5-15(13(17)7-10)20-14-6-4-11(19-2)8-12(14)16/h3-9H,18H2,1-2H3/t9-/m0/s1. The highest BCUT2D eigenvalue weighted by molar-refractivity contribution is 9.10. The highest BCUT2D eigenvalue weighted by Crippen LogP contribution is 2.34. The van der Waals surface area contributed by atoms with Crippen LogP contribution in [0.3, 0.4) is 0 Å². The Morgan fingerprint density at radius 2 is 1.85 bits per heavy atom. The quantitative estimate of drug-likeness (QED) is 0.897. The fourth-order valence-electron chi connectivity index (χ4n) is 1.69. The molecule has 2 N–H and O–H groups in total. The smallest absolute Gasteiger partial charge is 0.166 e. The van der Waals surface area contributed by atoms with E-state index in [0.29, 0.717) is 16.0 Å². The van der Waals surface area contributed by atoms with Gasteiger partial charge >= 0.3 is 0 Å². The molecular formula is C15H15BrFNO2. The van der Waals surface area contributed by atoms with Crippen LogP contribution < -0.4 is 15.2 Å². The molecule has 0 amide bonds. The molecule has 1 atom stereocenters. The fraction of sp³-hybridized carbons (Fsp3) is 0.200. The van der Waals surface area contributed by atoms with Crippen molar-refractivity contribution in [2.24, 2.45) is 5.73 Å². The average Bonchev–Trinajstić information content (AvgIpc) is 2.42. The minimum absolute atomic E-state index is 0.153. The highest BCUT2D eigenvalue weighted by Gasteiger charge is 2.10. The third kappa shape index (κ3) is 3.29. The molecule has 20 heavy (non-hydrogen) atoms. The predicted molar refractivity (Wildman–Crippen MR) is 79.8 cm³/mol. The van der Waals surface area contributed by atoms with E-state index in [1.54, 1.807) is 44.4 Å². The van der Waals surface area contributed by atoms with Crippen LogP contribution in [-0.4, -0.2) is 7.11 Å². The van der Waals surface area contributed by atoms with Crippen molar-refractivity contribution in [3.05, 3.63) is 52.3 Å². The second kappa shape index (κ2) is 6.24. The Hall–Kier alpha value is -1.59. The number of halogens is 2. The molecule has 0 unspecified atom stereocenters. The van der Waals surface area contributed by atoms with Crippen molar-refractivity contribution < 1.29 is 13.9 Å². The van der Waals surface area contributed by atoms with Crippen LogP contribution in [0.1, 0.15) is 18.5 Å². The summed E-state index contributed by atoms with van der Waals surface area (Å²) in [6.45, 7) is 1.80. The molecular weight excluding hydrogens is 325 g/mol. The Morgan fingerprint density at radius 1 is 1.15 bits per heavy atom. The third-order valence-electron chi connectivity index (χ3n) is 2.84. The molecule has 2 aromatic rings. The van der Waals surface area contributed by atoms with Crippen molar-refractivity contribution in [1.29, 1.82) is 0 Å². The first-order valence-electron chi connectivity index (χ1n) is 6.07. The molecule has 3 nitrogen and oxygen atoms in total. The van der Waals surface area contributed by atoms with Crippen LogP contribution >= 0.6 is 15.9 Å². The van der Waals surface area contributed by atoms with Gasteiger partial charge in [-0.3, -0.25) is 0 Å². The van der Waals surface area contributed by atoms with Crippen LogP contribution in [-0.2, 0) is 0 Å². The van der Waals surface area contributed by atoms with Crippen molar-refractivity contribution in [3.8, 4) is 17.2 Å². The lowest BCUT2D eigenvalue weighted by molar-refractivity contribution is 0.410. The summed E-state index contributed by atoms with van der Waals surface area (Å²) in [5.41, 5.74) is 6.44. The van der Waals surface area contributed by atoms with Gasteiger partial charge in [-0.25, -0.2) is 4.39 Å². The van der Waals surface area contributed by atoms with Gasteiger partial charge in [0.05, 0.1) is 11.6 Å². The minimum Gasteiger partial charge on any atom is -0.497 e. The van der Waals surface area contributed by atoms with E-state index in [1.807, 2.05) is 0 Å². The molecule has 0 aliphatic carbocycles. The minimum atomic E-state index is -0.442. The molecule has 0 aliphatic heterocycles. The molecule has 0 saturated carbocycles. The van der Waals surface area contributed by atoms with E-state index in [2.05, 4.69) is 15.9 Å². The molecule has 0 aromatic heterocycles. The zero-order valence-corrected chi connectivity index (χ0v) is 12.8. The molecule has 0 bridgehead atoms. The van der Waals surface area contributed by atoms with Crippen LogP contribution in [0.2, 0.25) is 0 Å². The average molecular weight is 340 g/mol. The highest BCUT2D eigenvalue weighted by atomic mass is 79.9. The first-order valence-corrected chi connectivity index (χ1v) is 6.87. The second-order valence-electron chi connectivity index (χ2n) is 4.38. The molecule has 0 spiro atoms. The van der Waals surface area contributed by atoms with Crippen molar-refractivity contribution in [3.63, 3.8) is 0 Å². The van der Waals surface area contributed by atoms with Gasteiger partial charge in [0, 0.05) is 6.04 Å². The molecule has 0 aliphatic rings. The van der Waals surface area contributed by atoms with Crippen molar-refractivity contribution in [2.75, 3.05) is 7.11 Å². The Morgan fingerprint density at radius 3 is 2.40 bits per heavy atom. The zero-order chi connectivity index (χ0) is 14.7. The van der Waals surface area contributed by atoms with Crippen molar-refractivity contribution in [2.45, 2.75) is 13.0 Å². The predicted octanol–water partition coefficient (Wildman–Crippen LogP) is 4.41. The lowest BCUT2D eigenvalue weighted by Gasteiger charge is -2.12. The van der Waals surface area contributed by atoms with Crippen molar-refractivity contribution >= 4 is 15.9 Å². The fourth-order valence-corrected chi connectivity index (χ4v) is 2.13. The summed E-state index contributed by atoms with van der Waals surface area (Å²) in [7, 11) is 1.58. The van der Waals surface area contributed by atoms with E-state index in [4.69, 9.17) is 15.2 Å². The first-order chi connectivity index (χ1) is 9.51. The Kier molecular flexibility index (Phi) is 4.62. The topological polar surface area (TPSA) is 44.5 Å². The zero-order valence-electron chi connectivity index (χ0n) is 11.2. The summed E-state index contributed by atoms with van der Waals surface area (Å²) in [5, 5.41) is 0. The van der Waals surface area contributed by atoms with Gasteiger partial charge in [0.25, 0.3) is 0 Å². The van der Waals surface area contributed by atoms with Gasteiger partial charge < -0.3 is 15.2 Å². The van der Waals surface area contributed by atoms with Gasteiger partial charge in [0.2, 0.25) is 0 Å². The molecule has 2 rings (SSSR count). The van der Waals surface area contributed by atoms with Gasteiger partial charge in [-0.1, -0.05) is 6.07 Å². The summed E-state index contributed by atoms with van der Waals surface area (Å²) < 4.78 is 25.3. The molecule has 5 heteroatoms. The number of methoxy groups -OCH3 is 1. The summed E-state index contributed by atoms with van der Waals surface area (Å²) >= 11 is 3.36. The normalized spacial score (nSPS) is 12.1.